The number of rotatable bonds is 6. The summed E-state index contributed by atoms with van der Waals surface area (Å²) < 4.78 is 1.26. The third-order valence-electron chi connectivity index (χ3n) is 5.03. The summed E-state index contributed by atoms with van der Waals surface area (Å²) in [5.74, 6) is 0.425. The summed E-state index contributed by atoms with van der Waals surface area (Å²) in [5, 5.41) is 11.7. The van der Waals surface area contributed by atoms with Crippen LogP contribution in [0.25, 0.3) is 10.9 Å². The summed E-state index contributed by atoms with van der Waals surface area (Å²) in [7, 11) is 0. The van der Waals surface area contributed by atoms with Gasteiger partial charge in [-0.3, -0.25) is 9.59 Å². The Bertz CT molecular complexity index is 1020. The summed E-state index contributed by atoms with van der Waals surface area (Å²) in [6, 6.07) is 15.4. The molecule has 1 amide bonds. The van der Waals surface area contributed by atoms with Gasteiger partial charge < -0.3 is 5.32 Å². The molecule has 2 aromatic carbocycles. The molecule has 1 heterocycles. The van der Waals surface area contributed by atoms with Crippen molar-refractivity contribution in [2.45, 2.75) is 38.8 Å². The van der Waals surface area contributed by atoms with Gasteiger partial charge in [0.1, 0.15) is 5.52 Å². The summed E-state index contributed by atoms with van der Waals surface area (Å²) in [4.78, 5) is 25.0. The number of fused-ring (bicyclic) bond motifs is 1. The van der Waals surface area contributed by atoms with Gasteiger partial charge in [-0.15, -0.1) is 5.10 Å². The molecule has 0 aliphatic heterocycles. The topological polar surface area (TPSA) is 76.9 Å². The number of carbonyl (C=O) groups excluding carboxylic acids is 1. The zero-order valence-corrected chi connectivity index (χ0v) is 15.3. The lowest BCUT2D eigenvalue weighted by molar-refractivity contribution is -0.122. The van der Waals surface area contributed by atoms with Crippen molar-refractivity contribution in [1.29, 1.82) is 0 Å². The van der Waals surface area contributed by atoms with E-state index in [0.717, 1.165) is 18.4 Å². The average Bonchev–Trinajstić information content (AvgIpc) is 3.52. The van der Waals surface area contributed by atoms with E-state index < -0.39 is 0 Å². The second-order valence-corrected chi connectivity index (χ2v) is 7.18. The van der Waals surface area contributed by atoms with Crippen LogP contribution < -0.4 is 10.9 Å². The fourth-order valence-corrected chi connectivity index (χ4v) is 3.30. The third-order valence-corrected chi connectivity index (χ3v) is 5.03. The Morgan fingerprint density at radius 2 is 1.93 bits per heavy atom. The molecule has 1 atom stereocenters. The van der Waals surface area contributed by atoms with Gasteiger partial charge in [-0.05, 0) is 43.4 Å². The van der Waals surface area contributed by atoms with Gasteiger partial charge in [-0.1, -0.05) is 47.2 Å². The Labute approximate surface area is 157 Å². The van der Waals surface area contributed by atoms with Crippen molar-refractivity contribution in [3.05, 3.63) is 70.0 Å². The van der Waals surface area contributed by atoms with E-state index in [1.54, 1.807) is 18.2 Å². The summed E-state index contributed by atoms with van der Waals surface area (Å²) in [6.07, 6.45) is 2.46. The van der Waals surface area contributed by atoms with Gasteiger partial charge in [0.25, 0.3) is 5.56 Å². The molecule has 1 aliphatic rings. The number of nitrogens with zero attached hydrogens (tertiary/aromatic N) is 3. The Kier molecular flexibility index (Phi) is 4.71. The SMILES string of the molecule is Cc1ccc(C(NC(=O)CCn2nnc3ccccc3c2=O)C2CC2)cc1. The number of hydrogen-bond donors (Lipinski definition) is 1. The van der Waals surface area contributed by atoms with Gasteiger partial charge >= 0.3 is 0 Å². The van der Waals surface area contributed by atoms with Gasteiger partial charge in [-0.2, -0.15) is 0 Å². The molecule has 1 aromatic heterocycles. The van der Waals surface area contributed by atoms with E-state index in [4.69, 9.17) is 0 Å². The first kappa shape index (κ1) is 17.4. The first-order valence-corrected chi connectivity index (χ1v) is 9.30. The molecule has 1 saturated carbocycles. The van der Waals surface area contributed by atoms with E-state index in [-0.39, 0.29) is 30.5 Å². The zero-order valence-electron chi connectivity index (χ0n) is 15.3. The average molecular weight is 362 g/mol. The fourth-order valence-electron chi connectivity index (χ4n) is 3.30. The molecule has 0 saturated heterocycles. The Balaban J connectivity index is 1.44. The van der Waals surface area contributed by atoms with Crippen molar-refractivity contribution in [2.24, 2.45) is 5.92 Å². The van der Waals surface area contributed by atoms with Gasteiger partial charge in [0, 0.05) is 6.42 Å². The van der Waals surface area contributed by atoms with E-state index in [0.29, 0.717) is 16.8 Å². The molecule has 1 fully saturated rings. The minimum absolute atomic E-state index is 0.0394. The van der Waals surface area contributed by atoms with E-state index in [2.05, 4.69) is 46.8 Å². The predicted molar refractivity (Wildman–Crippen MR) is 103 cm³/mol. The molecule has 1 unspecified atom stereocenters. The molecule has 6 nitrogen and oxygen atoms in total. The highest BCUT2D eigenvalue weighted by molar-refractivity contribution is 5.77. The third kappa shape index (κ3) is 3.89. The highest BCUT2D eigenvalue weighted by Crippen LogP contribution is 2.41. The van der Waals surface area contributed by atoms with Gasteiger partial charge in [-0.25, -0.2) is 4.68 Å². The first-order valence-electron chi connectivity index (χ1n) is 9.30. The monoisotopic (exact) mass is 362 g/mol. The molecule has 27 heavy (non-hydrogen) atoms. The normalized spacial score (nSPS) is 14.9. The maximum absolute atomic E-state index is 12.5. The molecule has 6 heteroatoms. The number of nitrogens with one attached hydrogen (secondary N) is 1. The van der Waals surface area contributed by atoms with Crippen molar-refractivity contribution in [1.82, 2.24) is 20.3 Å². The highest BCUT2D eigenvalue weighted by atomic mass is 16.2. The molecule has 0 bridgehead atoms. The van der Waals surface area contributed by atoms with Crippen LogP contribution in [-0.4, -0.2) is 20.9 Å². The summed E-state index contributed by atoms with van der Waals surface area (Å²) in [5.41, 5.74) is 2.69. The van der Waals surface area contributed by atoms with Crippen molar-refractivity contribution >= 4 is 16.8 Å². The Morgan fingerprint density at radius 1 is 1.19 bits per heavy atom. The standard InChI is InChI=1S/C21H22N4O2/c1-14-6-8-15(9-7-14)20(16-10-11-16)22-19(26)12-13-25-21(27)17-4-2-3-5-18(17)23-24-25/h2-9,16,20H,10-13H2,1H3,(H,22,26). The number of carbonyl (C=O) groups is 1. The lowest BCUT2D eigenvalue weighted by atomic mass is 10.0. The minimum atomic E-state index is -0.217. The van der Waals surface area contributed by atoms with Crippen molar-refractivity contribution < 1.29 is 4.79 Å². The predicted octanol–water partition coefficient (Wildman–Crippen LogP) is 2.76. The molecular formula is C21H22N4O2. The lowest BCUT2D eigenvalue weighted by Gasteiger charge is -2.19. The minimum Gasteiger partial charge on any atom is -0.349 e. The molecule has 1 aliphatic carbocycles. The molecule has 3 aromatic rings. The number of hydrogen-bond acceptors (Lipinski definition) is 4. The van der Waals surface area contributed by atoms with Crippen LogP contribution in [0.2, 0.25) is 0 Å². The molecule has 0 radical (unpaired) electrons. The summed E-state index contributed by atoms with van der Waals surface area (Å²) >= 11 is 0. The van der Waals surface area contributed by atoms with Gasteiger partial charge in [0.15, 0.2) is 0 Å². The number of benzene rings is 2. The van der Waals surface area contributed by atoms with Gasteiger partial charge in [0.05, 0.1) is 18.0 Å². The van der Waals surface area contributed by atoms with Crippen LogP contribution in [0.15, 0.2) is 53.3 Å². The lowest BCUT2D eigenvalue weighted by Crippen LogP contribution is -2.32. The molecule has 138 valence electrons. The van der Waals surface area contributed by atoms with Crippen LogP contribution in [0.1, 0.15) is 36.4 Å². The van der Waals surface area contributed by atoms with Crippen LogP contribution in [-0.2, 0) is 11.3 Å². The van der Waals surface area contributed by atoms with Crippen LogP contribution >= 0.6 is 0 Å². The van der Waals surface area contributed by atoms with Gasteiger partial charge in [0.2, 0.25) is 5.91 Å². The maximum Gasteiger partial charge on any atom is 0.277 e. The smallest absolute Gasteiger partial charge is 0.277 e. The second kappa shape index (κ2) is 7.31. The van der Waals surface area contributed by atoms with Crippen LogP contribution in [0.4, 0.5) is 0 Å². The largest absolute Gasteiger partial charge is 0.349 e. The second-order valence-electron chi connectivity index (χ2n) is 7.18. The van der Waals surface area contributed by atoms with Crippen molar-refractivity contribution in [3.63, 3.8) is 0 Å². The summed E-state index contributed by atoms with van der Waals surface area (Å²) in [6.45, 7) is 2.27. The molecular weight excluding hydrogens is 340 g/mol. The van der Waals surface area contributed by atoms with Crippen molar-refractivity contribution in [3.8, 4) is 0 Å². The van der Waals surface area contributed by atoms with Crippen LogP contribution in [0.5, 0.6) is 0 Å². The quantitative estimate of drug-likeness (QED) is 0.731. The van der Waals surface area contributed by atoms with E-state index >= 15 is 0 Å². The number of amides is 1. The van der Waals surface area contributed by atoms with E-state index in [1.165, 1.54) is 10.2 Å². The van der Waals surface area contributed by atoms with Crippen molar-refractivity contribution in [2.75, 3.05) is 0 Å². The first-order chi connectivity index (χ1) is 13.1. The van der Waals surface area contributed by atoms with Crippen LogP contribution in [0.3, 0.4) is 0 Å². The Morgan fingerprint density at radius 3 is 2.67 bits per heavy atom. The zero-order chi connectivity index (χ0) is 18.8. The number of aryl methyl sites for hydroxylation is 2. The molecule has 4 rings (SSSR count). The van der Waals surface area contributed by atoms with E-state index in [9.17, 15) is 9.59 Å². The Hall–Kier alpha value is -3.02. The van der Waals surface area contributed by atoms with E-state index in [1.807, 2.05) is 6.07 Å². The molecule has 1 N–H and O–H groups in total. The van der Waals surface area contributed by atoms with Crippen LogP contribution in [0, 0.1) is 12.8 Å². The maximum atomic E-state index is 12.5. The molecule has 0 spiro atoms. The highest BCUT2D eigenvalue weighted by Gasteiger charge is 2.33. The fraction of sp³-hybridized carbons (Fsp3) is 0.333. The number of aromatic nitrogens is 3.